The van der Waals surface area contributed by atoms with Crippen LogP contribution < -0.4 is 10.7 Å². The third-order valence-corrected chi connectivity index (χ3v) is 2.84. The molecule has 0 saturated carbocycles. The maximum absolute atomic E-state index is 12.3. The van der Waals surface area contributed by atoms with Gasteiger partial charge in [-0.05, 0) is 33.3 Å². The van der Waals surface area contributed by atoms with E-state index in [-0.39, 0.29) is 6.09 Å². The van der Waals surface area contributed by atoms with Crippen LogP contribution in [0.15, 0.2) is 12.2 Å². The van der Waals surface area contributed by atoms with Crippen LogP contribution >= 0.6 is 0 Å². The van der Waals surface area contributed by atoms with Gasteiger partial charge >= 0.3 is 6.09 Å². The maximum Gasteiger partial charge on any atom is 0.410 e. The molecule has 1 aromatic heterocycles. The number of rotatable bonds is 5. The summed E-state index contributed by atoms with van der Waals surface area (Å²) < 4.78 is 5.42. The highest BCUT2D eigenvalue weighted by molar-refractivity contribution is 5.68. The maximum atomic E-state index is 12.3. The molecule has 5 heteroatoms. The molecule has 0 atom stereocenters. The highest BCUT2D eigenvalue weighted by atomic mass is 16.6. The Kier molecular flexibility index (Phi) is 6.20. The Balaban J connectivity index is 2.98. The molecule has 124 valence electrons. The van der Waals surface area contributed by atoms with Crippen molar-refractivity contribution in [3.8, 4) is 12.3 Å². The van der Waals surface area contributed by atoms with Crippen LogP contribution in [-0.2, 0) is 11.3 Å². The number of hydrogen-bond acceptors (Lipinski definition) is 3. The largest absolute Gasteiger partial charge is 0.444 e. The standard InChI is InChI=1S/C18H25N3O2/c1-8-10-21(17(22)23-18(5,6)7)12-16-19-14(4)15(20-16)11-13(3)9-2/h2,11H,3-4,8,10,12H2,1,5-7H3,(H,19,20)/b15-11+. The average molecular weight is 315 g/mol. The van der Waals surface area contributed by atoms with Crippen molar-refractivity contribution >= 4 is 18.7 Å². The number of carbonyl (C=O) groups excluding carboxylic acids is 1. The van der Waals surface area contributed by atoms with Crippen LogP contribution in [-0.4, -0.2) is 33.1 Å². The zero-order valence-corrected chi connectivity index (χ0v) is 14.4. The van der Waals surface area contributed by atoms with Crippen LogP contribution in [0, 0.1) is 12.3 Å². The Morgan fingerprint density at radius 1 is 1.52 bits per heavy atom. The highest BCUT2D eigenvalue weighted by Gasteiger charge is 2.22. The number of imidazole rings is 1. The number of H-pyrrole nitrogens is 1. The zero-order valence-electron chi connectivity index (χ0n) is 14.4. The first kappa shape index (κ1) is 18.6. The summed E-state index contributed by atoms with van der Waals surface area (Å²) in [5.74, 6) is 3.07. The number of carbonyl (C=O) groups is 1. The first-order chi connectivity index (χ1) is 10.7. The quantitative estimate of drug-likeness (QED) is 0.845. The second kappa shape index (κ2) is 7.68. The number of aromatic nitrogens is 2. The smallest absolute Gasteiger partial charge is 0.410 e. The minimum Gasteiger partial charge on any atom is -0.444 e. The summed E-state index contributed by atoms with van der Waals surface area (Å²) in [5, 5.41) is 1.26. The molecule has 1 amide bonds. The minimum absolute atomic E-state index is 0.321. The van der Waals surface area contributed by atoms with Gasteiger partial charge in [-0.25, -0.2) is 9.78 Å². The topological polar surface area (TPSA) is 58.2 Å². The minimum atomic E-state index is -0.535. The number of amides is 1. The van der Waals surface area contributed by atoms with Gasteiger partial charge in [0.2, 0.25) is 0 Å². The number of allylic oxidation sites excluding steroid dienone is 1. The molecule has 1 N–H and O–H groups in total. The Bertz CT molecular complexity index is 717. The van der Waals surface area contributed by atoms with Gasteiger partial charge in [0.05, 0.1) is 17.2 Å². The molecule has 5 nitrogen and oxygen atoms in total. The fraction of sp³-hybridized carbons (Fsp3) is 0.444. The van der Waals surface area contributed by atoms with E-state index in [0.29, 0.717) is 35.2 Å². The van der Waals surface area contributed by atoms with Crippen molar-refractivity contribution in [2.45, 2.75) is 46.3 Å². The molecular formula is C18H25N3O2. The molecule has 0 saturated heterocycles. The van der Waals surface area contributed by atoms with Crippen molar-refractivity contribution in [1.82, 2.24) is 14.9 Å². The van der Waals surface area contributed by atoms with Crippen molar-refractivity contribution < 1.29 is 9.53 Å². The molecule has 1 aromatic rings. The van der Waals surface area contributed by atoms with Gasteiger partial charge < -0.3 is 14.6 Å². The summed E-state index contributed by atoms with van der Waals surface area (Å²) in [7, 11) is 0. The van der Waals surface area contributed by atoms with Gasteiger partial charge in [0.1, 0.15) is 11.4 Å². The molecular weight excluding hydrogens is 290 g/mol. The van der Waals surface area contributed by atoms with Crippen LogP contribution in [0.4, 0.5) is 4.79 Å². The molecule has 1 rings (SSSR count). The second-order valence-corrected chi connectivity index (χ2v) is 6.26. The number of terminal acetylenes is 1. The SMILES string of the molecule is C#CC(=C)/C=c1/nc(CN(CCC)C(=O)OC(C)(C)C)[nH]c1=C. The van der Waals surface area contributed by atoms with Crippen molar-refractivity contribution in [1.29, 1.82) is 0 Å². The fourth-order valence-electron chi connectivity index (χ4n) is 1.89. The zero-order chi connectivity index (χ0) is 17.6. The molecule has 0 aromatic carbocycles. The molecule has 0 spiro atoms. The number of nitrogens with one attached hydrogen (secondary N) is 1. The van der Waals surface area contributed by atoms with Crippen LogP contribution in [0.25, 0.3) is 12.7 Å². The molecule has 0 fully saturated rings. The lowest BCUT2D eigenvalue weighted by Gasteiger charge is -2.26. The Labute approximate surface area is 137 Å². The predicted molar refractivity (Wildman–Crippen MR) is 92.7 cm³/mol. The van der Waals surface area contributed by atoms with Gasteiger partial charge in [0, 0.05) is 12.1 Å². The van der Waals surface area contributed by atoms with Gasteiger partial charge in [-0.1, -0.05) is 26.0 Å². The number of hydrogen-bond donors (Lipinski definition) is 1. The Morgan fingerprint density at radius 3 is 2.70 bits per heavy atom. The molecule has 0 unspecified atom stereocenters. The number of nitrogens with zero attached hydrogens (tertiary/aromatic N) is 2. The lowest BCUT2D eigenvalue weighted by molar-refractivity contribution is 0.0229. The van der Waals surface area contributed by atoms with E-state index in [1.165, 1.54) is 0 Å². The van der Waals surface area contributed by atoms with E-state index in [9.17, 15) is 4.79 Å². The van der Waals surface area contributed by atoms with E-state index in [4.69, 9.17) is 11.2 Å². The summed E-state index contributed by atoms with van der Waals surface area (Å²) in [6.07, 6.45) is 7.43. The molecule has 23 heavy (non-hydrogen) atoms. The third kappa shape index (κ3) is 6.03. The van der Waals surface area contributed by atoms with Crippen molar-refractivity contribution in [2.75, 3.05) is 6.54 Å². The van der Waals surface area contributed by atoms with Gasteiger partial charge in [-0.3, -0.25) is 0 Å². The Hall–Kier alpha value is -2.48. The van der Waals surface area contributed by atoms with Crippen LogP contribution in [0.3, 0.4) is 0 Å². The molecule has 1 heterocycles. The summed E-state index contributed by atoms with van der Waals surface area (Å²) in [4.78, 5) is 21.4. The van der Waals surface area contributed by atoms with Gasteiger partial charge in [-0.2, -0.15) is 0 Å². The molecule has 0 radical (unpaired) electrons. The monoisotopic (exact) mass is 315 g/mol. The number of ether oxygens (including phenoxy) is 1. The average Bonchev–Trinajstić information content (AvgIpc) is 2.76. The predicted octanol–water partition coefficient (Wildman–Crippen LogP) is 1.94. The molecule has 0 aliphatic rings. The fourth-order valence-corrected chi connectivity index (χ4v) is 1.89. The molecule has 0 aliphatic carbocycles. The molecule has 0 bridgehead atoms. The van der Waals surface area contributed by atoms with Gasteiger partial charge in [0.25, 0.3) is 0 Å². The normalized spacial score (nSPS) is 11.9. The van der Waals surface area contributed by atoms with E-state index < -0.39 is 5.60 Å². The summed E-state index contributed by atoms with van der Waals surface area (Å²) in [5.41, 5.74) is -0.0156. The first-order valence-electron chi connectivity index (χ1n) is 7.55. The lowest BCUT2D eigenvalue weighted by atomic mass is 10.2. The number of aromatic amines is 1. The third-order valence-electron chi connectivity index (χ3n) is 2.84. The van der Waals surface area contributed by atoms with Crippen molar-refractivity contribution in [3.05, 3.63) is 28.7 Å². The van der Waals surface area contributed by atoms with E-state index >= 15 is 0 Å². The van der Waals surface area contributed by atoms with Gasteiger partial charge in [0.15, 0.2) is 0 Å². The lowest BCUT2D eigenvalue weighted by Crippen LogP contribution is -2.37. The van der Waals surface area contributed by atoms with Gasteiger partial charge in [-0.15, -0.1) is 6.42 Å². The molecule has 0 aliphatic heterocycles. The summed E-state index contributed by atoms with van der Waals surface area (Å²) >= 11 is 0. The van der Waals surface area contributed by atoms with E-state index in [1.54, 1.807) is 11.0 Å². The Morgan fingerprint density at radius 2 is 2.17 bits per heavy atom. The summed E-state index contributed by atoms with van der Waals surface area (Å²) in [6, 6.07) is 0. The van der Waals surface area contributed by atoms with Crippen molar-refractivity contribution in [2.24, 2.45) is 0 Å². The van der Waals surface area contributed by atoms with Crippen LogP contribution in [0.2, 0.25) is 0 Å². The van der Waals surface area contributed by atoms with E-state index in [2.05, 4.69) is 29.0 Å². The first-order valence-corrected chi connectivity index (χ1v) is 7.55. The van der Waals surface area contributed by atoms with Crippen LogP contribution in [0.5, 0.6) is 0 Å². The second-order valence-electron chi connectivity index (χ2n) is 6.26. The van der Waals surface area contributed by atoms with E-state index in [1.807, 2.05) is 27.7 Å². The highest BCUT2D eigenvalue weighted by Crippen LogP contribution is 2.11. The van der Waals surface area contributed by atoms with Crippen molar-refractivity contribution in [3.63, 3.8) is 0 Å². The van der Waals surface area contributed by atoms with E-state index in [0.717, 1.165) is 6.42 Å². The summed E-state index contributed by atoms with van der Waals surface area (Å²) in [6.45, 7) is 16.0. The van der Waals surface area contributed by atoms with Crippen LogP contribution in [0.1, 0.15) is 39.9 Å².